The molecular formula is C17H18O3. The summed E-state index contributed by atoms with van der Waals surface area (Å²) in [5.41, 5.74) is 0.595. The van der Waals surface area contributed by atoms with Gasteiger partial charge >= 0.3 is 5.97 Å². The number of hydrogen-bond donors (Lipinski definition) is 1. The van der Waals surface area contributed by atoms with Crippen molar-refractivity contribution in [2.45, 2.75) is 25.7 Å². The maximum absolute atomic E-state index is 10.9. The third kappa shape index (κ3) is 3.60. The highest BCUT2D eigenvalue weighted by atomic mass is 16.5. The van der Waals surface area contributed by atoms with Crippen LogP contribution in [0.1, 0.15) is 25.8 Å². The molecule has 3 nitrogen and oxygen atoms in total. The van der Waals surface area contributed by atoms with Gasteiger partial charge in [0.1, 0.15) is 11.5 Å². The molecule has 3 heteroatoms. The molecule has 0 fully saturated rings. The highest BCUT2D eigenvalue weighted by molar-refractivity contribution is 5.68. The van der Waals surface area contributed by atoms with Crippen LogP contribution in [0.4, 0.5) is 0 Å². The van der Waals surface area contributed by atoms with E-state index in [4.69, 9.17) is 9.84 Å². The molecule has 0 atom stereocenters. The van der Waals surface area contributed by atoms with Gasteiger partial charge < -0.3 is 9.84 Å². The fourth-order valence-corrected chi connectivity index (χ4v) is 2.08. The summed E-state index contributed by atoms with van der Waals surface area (Å²) in [6.07, 6.45) is 0.103. The number of hydrogen-bond acceptors (Lipinski definition) is 2. The summed E-state index contributed by atoms with van der Waals surface area (Å²) >= 11 is 0. The van der Waals surface area contributed by atoms with Crippen molar-refractivity contribution in [1.29, 1.82) is 0 Å². The van der Waals surface area contributed by atoms with Gasteiger partial charge in [-0.3, -0.25) is 4.79 Å². The van der Waals surface area contributed by atoms with Crippen molar-refractivity contribution in [3.05, 3.63) is 60.2 Å². The first-order valence-corrected chi connectivity index (χ1v) is 6.53. The van der Waals surface area contributed by atoms with Crippen LogP contribution in [-0.4, -0.2) is 11.1 Å². The first kappa shape index (κ1) is 14.1. The van der Waals surface area contributed by atoms with E-state index in [9.17, 15) is 4.79 Å². The summed E-state index contributed by atoms with van der Waals surface area (Å²) in [4.78, 5) is 10.9. The number of benzene rings is 2. The lowest BCUT2D eigenvalue weighted by molar-refractivity contribution is -0.138. The summed E-state index contributed by atoms with van der Waals surface area (Å²) in [6, 6.07) is 17.1. The zero-order valence-electron chi connectivity index (χ0n) is 11.7. The van der Waals surface area contributed by atoms with E-state index < -0.39 is 11.4 Å². The van der Waals surface area contributed by atoms with Gasteiger partial charge in [-0.25, -0.2) is 0 Å². The lowest BCUT2D eigenvalue weighted by atomic mass is 9.82. The quantitative estimate of drug-likeness (QED) is 0.884. The Kier molecular flexibility index (Phi) is 4.08. The first-order valence-electron chi connectivity index (χ1n) is 6.53. The Morgan fingerprint density at radius 2 is 1.55 bits per heavy atom. The Bertz CT molecular complexity index is 571. The Morgan fingerprint density at radius 3 is 2.10 bits per heavy atom. The number of aliphatic carboxylic acids is 1. The number of para-hydroxylation sites is 1. The van der Waals surface area contributed by atoms with Gasteiger partial charge in [-0.2, -0.15) is 0 Å². The van der Waals surface area contributed by atoms with Gasteiger partial charge in [0.2, 0.25) is 0 Å². The molecular weight excluding hydrogens is 252 g/mol. The van der Waals surface area contributed by atoms with Crippen molar-refractivity contribution < 1.29 is 14.6 Å². The summed E-state index contributed by atoms with van der Waals surface area (Å²) < 4.78 is 5.71. The van der Waals surface area contributed by atoms with Crippen molar-refractivity contribution >= 4 is 5.97 Å². The van der Waals surface area contributed by atoms with E-state index in [1.165, 1.54) is 0 Å². The molecule has 0 bridgehead atoms. The molecule has 0 aromatic heterocycles. The second-order valence-corrected chi connectivity index (χ2v) is 5.39. The fraction of sp³-hybridized carbons (Fsp3) is 0.235. The lowest BCUT2D eigenvalue weighted by Crippen LogP contribution is -2.21. The van der Waals surface area contributed by atoms with Crippen LogP contribution in [0, 0.1) is 0 Å². The molecule has 0 radical (unpaired) electrons. The minimum atomic E-state index is -0.792. The van der Waals surface area contributed by atoms with E-state index in [2.05, 4.69) is 0 Å². The monoisotopic (exact) mass is 270 g/mol. The zero-order chi connectivity index (χ0) is 14.6. The minimum Gasteiger partial charge on any atom is -0.481 e. The molecule has 2 aromatic rings. The number of carbonyl (C=O) groups is 1. The first-order chi connectivity index (χ1) is 9.47. The number of ether oxygens (including phenoxy) is 1. The van der Waals surface area contributed by atoms with Crippen LogP contribution in [0.2, 0.25) is 0 Å². The van der Waals surface area contributed by atoms with E-state index in [1.807, 2.05) is 68.4 Å². The molecule has 0 spiro atoms. The van der Waals surface area contributed by atoms with Gasteiger partial charge in [0.15, 0.2) is 0 Å². The maximum atomic E-state index is 10.9. The summed E-state index contributed by atoms with van der Waals surface area (Å²) in [7, 11) is 0. The van der Waals surface area contributed by atoms with Crippen molar-refractivity contribution in [2.75, 3.05) is 0 Å². The lowest BCUT2D eigenvalue weighted by Gasteiger charge is -2.23. The molecule has 2 aromatic carbocycles. The minimum absolute atomic E-state index is 0.103. The molecule has 0 heterocycles. The maximum Gasteiger partial charge on any atom is 0.304 e. The highest BCUT2D eigenvalue weighted by Gasteiger charge is 2.23. The number of rotatable bonds is 5. The Labute approximate surface area is 118 Å². The fourth-order valence-electron chi connectivity index (χ4n) is 2.08. The van der Waals surface area contributed by atoms with E-state index >= 15 is 0 Å². The third-order valence-corrected chi connectivity index (χ3v) is 3.21. The SMILES string of the molecule is CC(C)(CC(=O)O)c1ccc(Oc2ccccc2)cc1. The van der Waals surface area contributed by atoms with Gasteiger partial charge in [0.25, 0.3) is 0 Å². The van der Waals surface area contributed by atoms with Crippen molar-refractivity contribution in [1.82, 2.24) is 0 Å². The molecule has 0 unspecified atom stereocenters. The average Bonchev–Trinajstić information content (AvgIpc) is 2.39. The van der Waals surface area contributed by atoms with Crippen LogP contribution in [0.25, 0.3) is 0 Å². The molecule has 0 amide bonds. The van der Waals surface area contributed by atoms with Gasteiger partial charge in [0.05, 0.1) is 6.42 Å². The van der Waals surface area contributed by atoms with Gasteiger partial charge in [-0.1, -0.05) is 44.2 Å². The second-order valence-electron chi connectivity index (χ2n) is 5.39. The molecule has 1 N–H and O–H groups in total. The molecule has 0 saturated heterocycles. The largest absolute Gasteiger partial charge is 0.481 e. The molecule has 0 aliphatic carbocycles. The van der Waals surface area contributed by atoms with E-state index in [0.29, 0.717) is 0 Å². The van der Waals surface area contributed by atoms with Crippen molar-refractivity contribution in [2.24, 2.45) is 0 Å². The average molecular weight is 270 g/mol. The van der Waals surface area contributed by atoms with E-state index in [1.54, 1.807) is 0 Å². The summed E-state index contributed by atoms with van der Waals surface area (Å²) in [6.45, 7) is 3.85. The van der Waals surface area contributed by atoms with Gasteiger partial charge in [-0.15, -0.1) is 0 Å². The van der Waals surface area contributed by atoms with Crippen molar-refractivity contribution in [3.63, 3.8) is 0 Å². The highest BCUT2D eigenvalue weighted by Crippen LogP contribution is 2.29. The zero-order valence-corrected chi connectivity index (χ0v) is 11.7. The summed E-state index contributed by atoms with van der Waals surface area (Å²) in [5, 5.41) is 8.94. The normalized spacial score (nSPS) is 11.1. The molecule has 104 valence electrons. The van der Waals surface area contributed by atoms with E-state index in [-0.39, 0.29) is 6.42 Å². The van der Waals surface area contributed by atoms with Crippen LogP contribution in [-0.2, 0) is 10.2 Å². The Hall–Kier alpha value is -2.29. The third-order valence-electron chi connectivity index (χ3n) is 3.21. The molecule has 0 aliphatic rings. The molecule has 20 heavy (non-hydrogen) atoms. The number of carboxylic acids is 1. The Balaban J connectivity index is 2.12. The number of carboxylic acid groups (broad SMARTS) is 1. The predicted octanol–water partition coefficient (Wildman–Crippen LogP) is 4.23. The second kappa shape index (κ2) is 5.78. The predicted molar refractivity (Wildman–Crippen MR) is 78.2 cm³/mol. The van der Waals surface area contributed by atoms with Crippen LogP contribution in [0.5, 0.6) is 11.5 Å². The van der Waals surface area contributed by atoms with Gasteiger partial charge in [-0.05, 0) is 29.8 Å². The van der Waals surface area contributed by atoms with Crippen LogP contribution in [0.15, 0.2) is 54.6 Å². The summed E-state index contributed by atoms with van der Waals surface area (Å²) in [5.74, 6) is 0.732. The van der Waals surface area contributed by atoms with Gasteiger partial charge in [0, 0.05) is 5.41 Å². The smallest absolute Gasteiger partial charge is 0.304 e. The van der Waals surface area contributed by atoms with E-state index in [0.717, 1.165) is 17.1 Å². The van der Waals surface area contributed by atoms with Crippen LogP contribution >= 0.6 is 0 Å². The topological polar surface area (TPSA) is 46.5 Å². The van der Waals surface area contributed by atoms with Crippen molar-refractivity contribution in [3.8, 4) is 11.5 Å². The van der Waals surface area contributed by atoms with Crippen LogP contribution < -0.4 is 4.74 Å². The standard InChI is InChI=1S/C17H18O3/c1-17(2,12-16(18)19)13-8-10-15(11-9-13)20-14-6-4-3-5-7-14/h3-11H,12H2,1-2H3,(H,18,19). The molecule has 0 saturated carbocycles. The molecule has 0 aliphatic heterocycles. The Morgan fingerprint density at radius 1 is 1.00 bits per heavy atom. The molecule has 2 rings (SSSR count). The van der Waals surface area contributed by atoms with Crippen LogP contribution in [0.3, 0.4) is 0 Å².